The molecular weight excluding hydrogens is 180 g/mol. The summed E-state index contributed by atoms with van der Waals surface area (Å²) in [7, 11) is 0. The van der Waals surface area contributed by atoms with Gasteiger partial charge < -0.3 is 5.11 Å². The van der Waals surface area contributed by atoms with Crippen LogP contribution in [0.5, 0.6) is 0 Å². The fourth-order valence-electron chi connectivity index (χ4n) is 0.924. The summed E-state index contributed by atoms with van der Waals surface area (Å²) >= 11 is 0. The SMILES string of the molecule is Cc1ccc(C(=O)O)c(C(F)F)n1. The molecule has 70 valence electrons. The Morgan fingerprint density at radius 3 is 2.62 bits per heavy atom. The molecule has 3 nitrogen and oxygen atoms in total. The Morgan fingerprint density at radius 1 is 1.54 bits per heavy atom. The molecular formula is C8H7F2NO2. The number of aromatic carboxylic acids is 1. The molecule has 0 amide bonds. The molecule has 1 heterocycles. The second-order valence-electron chi connectivity index (χ2n) is 2.49. The van der Waals surface area contributed by atoms with Crippen LogP contribution in [0.25, 0.3) is 0 Å². The normalized spacial score (nSPS) is 10.5. The molecule has 1 N–H and O–H groups in total. The van der Waals surface area contributed by atoms with Crippen LogP contribution in [0, 0.1) is 6.92 Å². The molecule has 0 aromatic carbocycles. The van der Waals surface area contributed by atoms with Gasteiger partial charge in [-0.3, -0.25) is 4.98 Å². The quantitative estimate of drug-likeness (QED) is 0.770. The molecule has 0 spiro atoms. The third-order valence-electron chi connectivity index (χ3n) is 1.50. The summed E-state index contributed by atoms with van der Waals surface area (Å²) < 4.78 is 24.5. The van der Waals surface area contributed by atoms with Gasteiger partial charge in [0, 0.05) is 5.69 Å². The number of aromatic nitrogens is 1. The first-order valence-electron chi connectivity index (χ1n) is 3.51. The highest BCUT2D eigenvalue weighted by molar-refractivity contribution is 5.88. The molecule has 0 aliphatic rings. The first kappa shape index (κ1) is 9.57. The summed E-state index contributed by atoms with van der Waals surface area (Å²) in [5.74, 6) is -1.39. The fraction of sp³-hybridized carbons (Fsp3) is 0.250. The lowest BCUT2D eigenvalue weighted by Crippen LogP contribution is -2.06. The van der Waals surface area contributed by atoms with E-state index in [2.05, 4.69) is 4.98 Å². The second kappa shape index (κ2) is 3.47. The Morgan fingerprint density at radius 2 is 2.15 bits per heavy atom. The van der Waals surface area contributed by atoms with Crippen LogP contribution in [0.1, 0.15) is 28.2 Å². The van der Waals surface area contributed by atoms with Crippen LogP contribution in [-0.4, -0.2) is 16.1 Å². The van der Waals surface area contributed by atoms with Crippen LogP contribution >= 0.6 is 0 Å². The zero-order valence-corrected chi connectivity index (χ0v) is 6.79. The van der Waals surface area contributed by atoms with E-state index in [9.17, 15) is 13.6 Å². The van der Waals surface area contributed by atoms with E-state index >= 15 is 0 Å². The first-order chi connectivity index (χ1) is 6.02. The van der Waals surface area contributed by atoms with Crippen LogP contribution in [-0.2, 0) is 0 Å². The van der Waals surface area contributed by atoms with Crippen molar-refractivity contribution in [3.05, 3.63) is 29.1 Å². The van der Waals surface area contributed by atoms with Crippen molar-refractivity contribution in [1.29, 1.82) is 0 Å². The van der Waals surface area contributed by atoms with Gasteiger partial charge in [0.25, 0.3) is 6.43 Å². The maximum atomic E-state index is 12.2. The predicted octanol–water partition coefficient (Wildman–Crippen LogP) is 2.03. The van der Waals surface area contributed by atoms with E-state index in [0.29, 0.717) is 5.69 Å². The Bertz CT molecular complexity index is 339. The molecule has 0 aliphatic carbocycles. The molecule has 13 heavy (non-hydrogen) atoms. The molecule has 1 aromatic rings. The fourth-order valence-corrected chi connectivity index (χ4v) is 0.924. The van der Waals surface area contributed by atoms with Gasteiger partial charge in [-0.25, -0.2) is 13.6 Å². The third kappa shape index (κ3) is 1.99. The molecule has 1 rings (SSSR count). The van der Waals surface area contributed by atoms with Gasteiger partial charge in [0.15, 0.2) is 0 Å². The minimum absolute atomic E-state index is 0.375. The maximum Gasteiger partial charge on any atom is 0.337 e. The van der Waals surface area contributed by atoms with Crippen molar-refractivity contribution in [2.75, 3.05) is 0 Å². The average molecular weight is 187 g/mol. The Kier molecular flexibility index (Phi) is 2.55. The molecule has 0 aliphatic heterocycles. The standard InChI is InChI=1S/C8H7F2NO2/c1-4-2-3-5(8(12)13)6(11-4)7(9)10/h2-3,7H,1H3,(H,12,13). The molecule has 0 saturated heterocycles. The van der Waals surface area contributed by atoms with Gasteiger partial charge in [-0.05, 0) is 19.1 Å². The first-order valence-corrected chi connectivity index (χ1v) is 3.51. The lowest BCUT2D eigenvalue weighted by Gasteiger charge is -2.04. The number of rotatable bonds is 2. The summed E-state index contributed by atoms with van der Waals surface area (Å²) in [5, 5.41) is 8.53. The smallest absolute Gasteiger partial charge is 0.337 e. The van der Waals surface area contributed by atoms with Gasteiger partial charge in [-0.15, -0.1) is 0 Å². The number of pyridine rings is 1. The second-order valence-corrected chi connectivity index (χ2v) is 2.49. The van der Waals surface area contributed by atoms with Crippen molar-refractivity contribution >= 4 is 5.97 Å². The van der Waals surface area contributed by atoms with Crippen molar-refractivity contribution in [3.8, 4) is 0 Å². The lowest BCUT2D eigenvalue weighted by atomic mass is 10.2. The van der Waals surface area contributed by atoms with E-state index in [1.807, 2.05) is 0 Å². The third-order valence-corrected chi connectivity index (χ3v) is 1.50. The van der Waals surface area contributed by atoms with Gasteiger partial charge in [0.1, 0.15) is 5.69 Å². The van der Waals surface area contributed by atoms with Gasteiger partial charge in [-0.1, -0.05) is 0 Å². The minimum Gasteiger partial charge on any atom is -0.478 e. The maximum absolute atomic E-state index is 12.2. The van der Waals surface area contributed by atoms with Gasteiger partial charge in [0.05, 0.1) is 5.56 Å². The lowest BCUT2D eigenvalue weighted by molar-refractivity contribution is 0.0682. The van der Waals surface area contributed by atoms with Crippen LogP contribution in [0.3, 0.4) is 0 Å². The largest absolute Gasteiger partial charge is 0.478 e. The monoisotopic (exact) mass is 187 g/mol. The van der Waals surface area contributed by atoms with E-state index in [1.165, 1.54) is 13.0 Å². The Hall–Kier alpha value is -1.52. The number of nitrogens with zero attached hydrogens (tertiary/aromatic N) is 1. The highest BCUT2D eigenvalue weighted by Crippen LogP contribution is 2.20. The number of aryl methyl sites for hydroxylation is 1. The molecule has 0 atom stereocenters. The van der Waals surface area contributed by atoms with E-state index in [-0.39, 0.29) is 0 Å². The molecule has 0 radical (unpaired) electrons. The van der Waals surface area contributed by atoms with E-state index in [1.54, 1.807) is 0 Å². The van der Waals surface area contributed by atoms with Gasteiger partial charge >= 0.3 is 5.97 Å². The van der Waals surface area contributed by atoms with Crippen molar-refractivity contribution < 1.29 is 18.7 Å². The molecule has 0 unspecified atom stereocenters. The number of alkyl halides is 2. The summed E-state index contributed by atoms with van der Waals surface area (Å²) in [6.07, 6.45) is -2.86. The highest BCUT2D eigenvalue weighted by atomic mass is 19.3. The zero-order valence-electron chi connectivity index (χ0n) is 6.79. The topological polar surface area (TPSA) is 50.2 Å². The van der Waals surface area contributed by atoms with Crippen molar-refractivity contribution in [1.82, 2.24) is 4.98 Å². The Labute approximate surface area is 73.0 Å². The molecule has 5 heteroatoms. The van der Waals surface area contributed by atoms with E-state index in [0.717, 1.165) is 6.07 Å². The van der Waals surface area contributed by atoms with E-state index < -0.39 is 23.7 Å². The molecule has 0 saturated carbocycles. The highest BCUT2D eigenvalue weighted by Gasteiger charge is 2.19. The summed E-state index contributed by atoms with van der Waals surface area (Å²) in [5.41, 5.74) is -0.742. The van der Waals surface area contributed by atoms with Crippen LogP contribution in [0.15, 0.2) is 12.1 Å². The predicted molar refractivity (Wildman–Crippen MR) is 40.9 cm³/mol. The molecule has 0 fully saturated rings. The van der Waals surface area contributed by atoms with Crippen LogP contribution in [0.2, 0.25) is 0 Å². The van der Waals surface area contributed by atoms with Crippen molar-refractivity contribution in [3.63, 3.8) is 0 Å². The van der Waals surface area contributed by atoms with Crippen molar-refractivity contribution in [2.24, 2.45) is 0 Å². The van der Waals surface area contributed by atoms with Gasteiger partial charge in [-0.2, -0.15) is 0 Å². The number of carboxylic acid groups (broad SMARTS) is 1. The summed E-state index contributed by atoms with van der Waals surface area (Å²) in [4.78, 5) is 13.9. The summed E-state index contributed by atoms with van der Waals surface area (Å²) in [6, 6.07) is 2.52. The van der Waals surface area contributed by atoms with Crippen LogP contribution < -0.4 is 0 Å². The Balaban J connectivity index is 3.26. The number of halogens is 2. The van der Waals surface area contributed by atoms with Crippen molar-refractivity contribution in [2.45, 2.75) is 13.3 Å². The zero-order chi connectivity index (χ0) is 10.0. The van der Waals surface area contributed by atoms with Gasteiger partial charge in [0.2, 0.25) is 0 Å². The number of carboxylic acids is 1. The number of hydrogen-bond acceptors (Lipinski definition) is 2. The minimum atomic E-state index is -2.86. The summed E-state index contributed by atoms with van der Waals surface area (Å²) in [6.45, 7) is 1.53. The number of carbonyl (C=O) groups is 1. The molecule has 1 aromatic heterocycles. The molecule has 0 bridgehead atoms. The van der Waals surface area contributed by atoms with Crippen LogP contribution in [0.4, 0.5) is 8.78 Å². The van der Waals surface area contributed by atoms with E-state index in [4.69, 9.17) is 5.11 Å². The number of hydrogen-bond donors (Lipinski definition) is 1. The average Bonchev–Trinajstić information content (AvgIpc) is 2.03.